The molecule has 0 radical (unpaired) electrons. The zero-order valence-electron chi connectivity index (χ0n) is 15.8. The van der Waals surface area contributed by atoms with E-state index < -0.39 is 0 Å². The van der Waals surface area contributed by atoms with Gasteiger partial charge in [-0.25, -0.2) is 0 Å². The Hall–Kier alpha value is -2.53. The summed E-state index contributed by atoms with van der Waals surface area (Å²) < 4.78 is 5.43. The summed E-state index contributed by atoms with van der Waals surface area (Å²) in [6.45, 7) is 1.03. The molecule has 1 aliphatic heterocycles. The SMILES string of the molecule is COc1ccccc1C1=NOC(CN(Cc2cccc(Cl)c2)C(=O)C2CC2)C1. The van der Waals surface area contributed by atoms with Crippen molar-refractivity contribution in [2.45, 2.75) is 31.9 Å². The van der Waals surface area contributed by atoms with E-state index in [1.54, 1.807) is 7.11 Å². The highest BCUT2D eigenvalue weighted by Gasteiger charge is 2.36. The van der Waals surface area contributed by atoms with E-state index in [4.69, 9.17) is 21.2 Å². The highest BCUT2D eigenvalue weighted by atomic mass is 35.5. The van der Waals surface area contributed by atoms with Crippen LogP contribution in [0.2, 0.25) is 5.02 Å². The van der Waals surface area contributed by atoms with Gasteiger partial charge in [0.25, 0.3) is 0 Å². The number of ether oxygens (including phenoxy) is 1. The van der Waals surface area contributed by atoms with Gasteiger partial charge in [0.15, 0.2) is 6.10 Å². The van der Waals surface area contributed by atoms with Gasteiger partial charge < -0.3 is 14.5 Å². The number of nitrogens with zero attached hydrogens (tertiary/aromatic N) is 2. The van der Waals surface area contributed by atoms with Crippen LogP contribution in [0, 0.1) is 5.92 Å². The van der Waals surface area contributed by atoms with Crippen LogP contribution in [0.1, 0.15) is 30.4 Å². The molecule has 28 heavy (non-hydrogen) atoms. The van der Waals surface area contributed by atoms with E-state index in [9.17, 15) is 4.79 Å². The van der Waals surface area contributed by atoms with Crippen LogP contribution in [0.3, 0.4) is 0 Å². The van der Waals surface area contributed by atoms with Crippen LogP contribution < -0.4 is 4.74 Å². The van der Waals surface area contributed by atoms with E-state index in [-0.39, 0.29) is 17.9 Å². The minimum atomic E-state index is -0.165. The van der Waals surface area contributed by atoms with Crippen LogP contribution >= 0.6 is 11.6 Å². The molecule has 0 bridgehead atoms. The third-order valence-corrected chi connectivity index (χ3v) is 5.31. The van der Waals surface area contributed by atoms with Crippen molar-refractivity contribution in [3.8, 4) is 5.75 Å². The maximum atomic E-state index is 12.8. The highest BCUT2D eigenvalue weighted by Crippen LogP contribution is 2.32. The van der Waals surface area contributed by atoms with Crippen LogP contribution in [0.15, 0.2) is 53.7 Å². The average Bonchev–Trinajstić information content (AvgIpc) is 3.46. The number of methoxy groups -OCH3 is 1. The van der Waals surface area contributed by atoms with Crippen LogP contribution in [-0.4, -0.2) is 36.3 Å². The predicted octanol–water partition coefficient (Wildman–Crippen LogP) is 4.28. The predicted molar refractivity (Wildman–Crippen MR) is 109 cm³/mol. The van der Waals surface area contributed by atoms with Crippen molar-refractivity contribution in [1.82, 2.24) is 4.90 Å². The molecule has 0 saturated heterocycles. The molecule has 0 aromatic heterocycles. The number of benzene rings is 2. The Morgan fingerprint density at radius 1 is 1.25 bits per heavy atom. The van der Waals surface area contributed by atoms with Crippen molar-refractivity contribution >= 4 is 23.2 Å². The monoisotopic (exact) mass is 398 g/mol. The van der Waals surface area contributed by atoms with E-state index in [1.807, 2.05) is 53.4 Å². The van der Waals surface area contributed by atoms with Gasteiger partial charge in [0.1, 0.15) is 5.75 Å². The Kier molecular flexibility index (Phi) is 5.53. The third-order valence-electron chi connectivity index (χ3n) is 5.08. The molecule has 1 aliphatic carbocycles. The van der Waals surface area contributed by atoms with Crippen LogP contribution in [-0.2, 0) is 16.2 Å². The van der Waals surface area contributed by atoms with Gasteiger partial charge in [-0.05, 0) is 42.7 Å². The lowest BCUT2D eigenvalue weighted by Gasteiger charge is -2.25. The lowest BCUT2D eigenvalue weighted by atomic mass is 10.0. The fourth-order valence-electron chi connectivity index (χ4n) is 3.49. The Bertz CT molecular complexity index is 895. The van der Waals surface area contributed by atoms with Gasteiger partial charge in [-0.3, -0.25) is 4.79 Å². The van der Waals surface area contributed by atoms with Crippen molar-refractivity contribution in [3.63, 3.8) is 0 Å². The molecule has 6 heteroatoms. The summed E-state index contributed by atoms with van der Waals surface area (Å²) in [4.78, 5) is 20.4. The first-order chi connectivity index (χ1) is 13.6. The van der Waals surface area contributed by atoms with E-state index in [0.717, 1.165) is 35.4 Å². The molecule has 5 nitrogen and oxygen atoms in total. The summed E-state index contributed by atoms with van der Waals surface area (Å²) in [6, 6.07) is 15.4. The van der Waals surface area contributed by atoms with Crippen LogP contribution in [0.4, 0.5) is 0 Å². The number of halogens is 1. The molecular weight excluding hydrogens is 376 g/mol. The van der Waals surface area contributed by atoms with E-state index in [0.29, 0.717) is 24.5 Å². The summed E-state index contributed by atoms with van der Waals surface area (Å²) in [6.07, 6.45) is 2.42. The van der Waals surface area contributed by atoms with E-state index >= 15 is 0 Å². The maximum Gasteiger partial charge on any atom is 0.226 e. The molecule has 1 saturated carbocycles. The fraction of sp³-hybridized carbons (Fsp3) is 0.364. The Morgan fingerprint density at radius 2 is 2.07 bits per heavy atom. The average molecular weight is 399 g/mol. The van der Waals surface area contributed by atoms with E-state index in [2.05, 4.69) is 5.16 Å². The van der Waals surface area contributed by atoms with Gasteiger partial charge in [0.2, 0.25) is 5.91 Å². The van der Waals surface area contributed by atoms with Gasteiger partial charge >= 0.3 is 0 Å². The largest absolute Gasteiger partial charge is 0.496 e. The molecule has 2 aromatic rings. The molecule has 4 rings (SSSR count). The standard InChI is InChI=1S/C22H23ClN2O3/c1-27-21-8-3-2-7-19(21)20-12-18(28-24-20)14-25(22(26)16-9-10-16)13-15-5-4-6-17(23)11-15/h2-8,11,16,18H,9-10,12-14H2,1H3. The first-order valence-corrected chi connectivity index (χ1v) is 9.91. The normalized spacial score (nSPS) is 18.4. The van der Waals surface area contributed by atoms with Crippen molar-refractivity contribution in [2.75, 3.05) is 13.7 Å². The van der Waals surface area contributed by atoms with Crippen LogP contribution in [0.25, 0.3) is 0 Å². The minimum Gasteiger partial charge on any atom is -0.496 e. The molecule has 146 valence electrons. The topological polar surface area (TPSA) is 51.1 Å². The van der Waals surface area contributed by atoms with Gasteiger partial charge in [0, 0.05) is 29.5 Å². The van der Waals surface area contributed by atoms with Crippen LogP contribution in [0.5, 0.6) is 5.75 Å². The second-order valence-corrected chi connectivity index (χ2v) is 7.73. The number of amides is 1. The molecule has 2 aromatic carbocycles. The summed E-state index contributed by atoms with van der Waals surface area (Å²) in [5, 5.41) is 4.94. The van der Waals surface area contributed by atoms with Crippen molar-refractivity contribution in [1.29, 1.82) is 0 Å². The van der Waals surface area contributed by atoms with Gasteiger partial charge in [-0.15, -0.1) is 0 Å². The lowest BCUT2D eigenvalue weighted by Crippen LogP contribution is -2.38. The minimum absolute atomic E-state index is 0.148. The van der Waals surface area contributed by atoms with E-state index in [1.165, 1.54) is 0 Å². The molecule has 1 amide bonds. The molecule has 0 N–H and O–H groups in total. The van der Waals surface area contributed by atoms with Crippen molar-refractivity contribution in [3.05, 3.63) is 64.7 Å². The number of carbonyl (C=O) groups excluding carboxylic acids is 1. The maximum absolute atomic E-state index is 12.8. The summed E-state index contributed by atoms with van der Waals surface area (Å²) in [7, 11) is 1.65. The van der Waals surface area contributed by atoms with Gasteiger partial charge in [-0.2, -0.15) is 0 Å². The number of hydrogen-bond acceptors (Lipinski definition) is 4. The third kappa shape index (κ3) is 4.30. The summed E-state index contributed by atoms with van der Waals surface area (Å²) in [5.41, 5.74) is 2.80. The first kappa shape index (κ1) is 18.8. The quantitative estimate of drug-likeness (QED) is 0.699. The summed E-state index contributed by atoms with van der Waals surface area (Å²) in [5.74, 6) is 1.11. The van der Waals surface area contributed by atoms with Gasteiger partial charge in [-0.1, -0.05) is 41.0 Å². The first-order valence-electron chi connectivity index (χ1n) is 9.53. The smallest absolute Gasteiger partial charge is 0.226 e. The Labute approximate surface area is 169 Å². The summed E-state index contributed by atoms with van der Waals surface area (Å²) >= 11 is 6.11. The Balaban J connectivity index is 1.45. The number of hydrogen-bond donors (Lipinski definition) is 0. The molecular formula is C22H23ClN2O3. The van der Waals surface area contributed by atoms with Crippen molar-refractivity contribution < 1.29 is 14.4 Å². The van der Waals surface area contributed by atoms with Gasteiger partial charge in [0.05, 0.1) is 19.4 Å². The lowest BCUT2D eigenvalue weighted by molar-refractivity contribution is -0.135. The number of para-hydroxylation sites is 1. The highest BCUT2D eigenvalue weighted by molar-refractivity contribution is 6.30. The molecule has 1 unspecified atom stereocenters. The zero-order valence-corrected chi connectivity index (χ0v) is 16.6. The Morgan fingerprint density at radius 3 is 2.82 bits per heavy atom. The molecule has 1 atom stereocenters. The molecule has 2 aliphatic rings. The number of rotatable bonds is 7. The molecule has 0 spiro atoms. The fourth-order valence-corrected chi connectivity index (χ4v) is 3.70. The zero-order chi connectivity index (χ0) is 19.5. The van der Waals surface area contributed by atoms with Crippen molar-refractivity contribution in [2.24, 2.45) is 11.1 Å². The molecule has 1 heterocycles. The number of oxime groups is 1. The number of carbonyl (C=O) groups is 1. The second kappa shape index (κ2) is 8.23. The second-order valence-electron chi connectivity index (χ2n) is 7.29. The molecule has 1 fully saturated rings.